The van der Waals surface area contributed by atoms with Gasteiger partial charge in [-0.25, -0.2) is 4.79 Å². The van der Waals surface area contributed by atoms with Crippen molar-refractivity contribution in [2.45, 2.75) is 13.0 Å². The molecule has 0 aliphatic heterocycles. The van der Waals surface area contributed by atoms with Gasteiger partial charge in [0.05, 0.1) is 18.2 Å². The maximum Gasteiger partial charge on any atom is 0.319 e. The zero-order chi connectivity index (χ0) is 15.2. The van der Waals surface area contributed by atoms with Crippen LogP contribution in [0.3, 0.4) is 0 Å². The SMILES string of the molecule is COc1cc(NC(=O)N[C@H](C)c2ccncc2)ccc1Cl. The van der Waals surface area contributed by atoms with E-state index in [0.29, 0.717) is 16.5 Å². The highest BCUT2D eigenvalue weighted by atomic mass is 35.5. The Morgan fingerprint density at radius 1 is 1.29 bits per heavy atom. The molecule has 2 rings (SSSR count). The number of hydrogen-bond acceptors (Lipinski definition) is 3. The zero-order valence-electron chi connectivity index (χ0n) is 11.8. The average molecular weight is 306 g/mol. The van der Waals surface area contributed by atoms with Crippen LogP contribution >= 0.6 is 11.6 Å². The fraction of sp³-hybridized carbons (Fsp3) is 0.200. The summed E-state index contributed by atoms with van der Waals surface area (Å²) >= 11 is 5.94. The number of methoxy groups -OCH3 is 1. The highest BCUT2D eigenvalue weighted by Crippen LogP contribution is 2.27. The number of nitrogens with one attached hydrogen (secondary N) is 2. The van der Waals surface area contributed by atoms with Crippen LogP contribution in [0.2, 0.25) is 5.02 Å². The molecule has 2 aromatic rings. The van der Waals surface area contributed by atoms with Crippen LogP contribution < -0.4 is 15.4 Å². The van der Waals surface area contributed by atoms with Crippen LogP contribution in [-0.4, -0.2) is 18.1 Å². The number of carbonyl (C=O) groups is 1. The topological polar surface area (TPSA) is 63.2 Å². The van der Waals surface area contributed by atoms with E-state index < -0.39 is 0 Å². The van der Waals surface area contributed by atoms with Gasteiger partial charge in [0.25, 0.3) is 0 Å². The van der Waals surface area contributed by atoms with E-state index in [-0.39, 0.29) is 12.1 Å². The van der Waals surface area contributed by atoms with Gasteiger partial charge in [0.1, 0.15) is 5.75 Å². The molecule has 0 unspecified atom stereocenters. The highest BCUT2D eigenvalue weighted by Gasteiger charge is 2.10. The number of nitrogens with zero attached hydrogens (tertiary/aromatic N) is 1. The van der Waals surface area contributed by atoms with Gasteiger partial charge in [-0.1, -0.05) is 11.6 Å². The van der Waals surface area contributed by atoms with Gasteiger partial charge < -0.3 is 15.4 Å². The largest absolute Gasteiger partial charge is 0.495 e. The Kier molecular flexibility index (Phi) is 5.00. The van der Waals surface area contributed by atoms with Crippen LogP contribution in [0, 0.1) is 0 Å². The molecule has 0 spiro atoms. The summed E-state index contributed by atoms with van der Waals surface area (Å²) in [7, 11) is 1.52. The number of anilines is 1. The van der Waals surface area contributed by atoms with Crippen LogP contribution in [0.4, 0.5) is 10.5 Å². The summed E-state index contributed by atoms with van der Waals surface area (Å²) < 4.78 is 5.11. The number of rotatable bonds is 4. The summed E-state index contributed by atoms with van der Waals surface area (Å²) in [5, 5.41) is 6.08. The Bertz CT molecular complexity index is 620. The summed E-state index contributed by atoms with van der Waals surface area (Å²) in [6, 6.07) is 8.33. The second-order valence-corrected chi connectivity index (χ2v) is 4.86. The van der Waals surface area contributed by atoms with Crippen LogP contribution in [0.5, 0.6) is 5.75 Å². The number of hydrogen-bond donors (Lipinski definition) is 2. The molecule has 5 nitrogen and oxygen atoms in total. The molecule has 1 aromatic heterocycles. The van der Waals surface area contributed by atoms with Crippen LogP contribution in [0.15, 0.2) is 42.7 Å². The standard InChI is InChI=1S/C15H16ClN3O2/c1-10(11-5-7-17-8-6-11)18-15(20)19-12-3-4-13(16)14(9-12)21-2/h3-10H,1-2H3,(H2,18,19,20)/t10-/m1/s1. The number of benzene rings is 1. The lowest BCUT2D eigenvalue weighted by atomic mass is 10.1. The molecule has 6 heteroatoms. The lowest BCUT2D eigenvalue weighted by Gasteiger charge is -2.15. The van der Waals surface area contributed by atoms with Gasteiger partial charge in [0.15, 0.2) is 0 Å². The number of amides is 2. The first-order valence-corrected chi connectivity index (χ1v) is 6.79. The molecular weight excluding hydrogens is 290 g/mol. The van der Waals surface area contributed by atoms with Crippen molar-refractivity contribution in [3.63, 3.8) is 0 Å². The molecule has 1 aromatic carbocycles. The first kappa shape index (κ1) is 15.1. The molecule has 0 bridgehead atoms. The van der Waals surface area contributed by atoms with Gasteiger partial charge in [0, 0.05) is 24.1 Å². The first-order valence-electron chi connectivity index (χ1n) is 6.41. The van der Waals surface area contributed by atoms with Gasteiger partial charge in [-0.05, 0) is 36.8 Å². The van der Waals surface area contributed by atoms with E-state index in [2.05, 4.69) is 15.6 Å². The minimum Gasteiger partial charge on any atom is -0.495 e. The summed E-state index contributed by atoms with van der Waals surface area (Å²) in [6.07, 6.45) is 3.38. The monoisotopic (exact) mass is 305 g/mol. The van der Waals surface area contributed by atoms with E-state index in [9.17, 15) is 4.79 Å². The van der Waals surface area contributed by atoms with Crippen molar-refractivity contribution in [3.8, 4) is 5.75 Å². The van der Waals surface area contributed by atoms with E-state index >= 15 is 0 Å². The Morgan fingerprint density at radius 2 is 2.00 bits per heavy atom. The number of aromatic nitrogens is 1. The third-order valence-corrected chi connectivity index (χ3v) is 3.27. The van der Waals surface area contributed by atoms with Crippen molar-refractivity contribution in [2.75, 3.05) is 12.4 Å². The fourth-order valence-electron chi connectivity index (χ4n) is 1.84. The van der Waals surface area contributed by atoms with Crippen LogP contribution in [0.1, 0.15) is 18.5 Å². The van der Waals surface area contributed by atoms with Gasteiger partial charge in [0.2, 0.25) is 0 Å². The van der Waals surface area contributed by atoms with E-state index in [0.717, 1.165) is 5.56 Å². The number of ether oxygens (including phenoxy) is 1. The van der Waals surface area contributed by atoms with Gasteiger partial charge in [-0.15, -0.1) is 0 Å². The van der Waals surface area contributed by atoms with E-state index in [1.165, 1.54) is 7.11 Å². The maximum atomic E-state index is 12.0. The Balaban J connectivity index is 1.99. The quantitative estimate of drug-likeness (QED) is 0.906. The van der Waals surface area contributed by atoms with Crippen molar-refractivity contribution in [1.82, 2.24) is 10.3 Å². The highest BCUT2D eigenvalue weighted by molar-refractivity contribution is 6.32. The predicted molar refractivity (Wildman–Crippen MR) is 82.8 cm³/mol. The van der Waals surface area contributed by atoms with Crippen molar-refractivity contribution in [2.24, 2.45) is 0 Å². The van der Waals surface area contributed by atoms with E-state index in [1.807, 2.05) is 19.1 Å². The number of urea groups is 1. The molecule has 0 radical (unpaired) electrons. The second-order valence-electron chi connectivity index (χ2n) is 4.45. The predicted octanol–water partition coefficient (Wildman–Crippen LogP) is 3.63. The molecule has 2 N–H and O–H groups in total. The molecule has 0 aliphatic rings. The van der Waals surface area contributed by atoms with Crippen molar-refractivity contribution >= 4 is 23.3 Å². The molecular formula is C15H16ClN3O2. The average Bonchev–Trinajstić information content (AvgIpc) is 2.50. The smallest absolute Gasteiger partial charge is 0.319 e. The third kappa shape index (κ3) is 4.10. The van der Waals surface area contributed by atoms with Crippen molar-refractivity contribution in [3.05, 3.63) is 53.3 Å². The lowest BCUT2D eigenvalue weighted by molar-refractivity contribution is 0.249. The Hall–Kier alpha value is -2.27. The molecule has 21 heavy (non-hydrogen) atoms. The number of carbonyl (C=O) groups excluding carboxylic acids is 1. The molecule has 0 saturated carbocycles. The molecule has 0 fully saturated rings. The van der Waals surface area contributed by atoms with E-state index in [1.54, 1.807) is 30.6 Å². The minimum absolute atomic E-state index is 0.123. The fourth-order valence-corrected chi connectivity index (χ4v) is 2.03. The molecule has 0 aliphatic carbocycles. The van der Waals surface area contributed by atoms with Crippen LogP contribution in [-0.2, 0) is 0 Å². The molecule has 1 atom stereocenters. The van der Waals surface area contributed by atoms with Gasteiger partial charge in [-0.2, -0.15) is 0 Å². The van der Waals surface area contributed by atoms with E-state index in [4.69, 9.17) is 16.3 Å². The molecule has 110 valence electrons. The zero-order valence-corrected chi connectivity index (χ0v) is 12.5. The molecule has 0 saturated heterocycles. The molecule has 2 amide bonds. The van der Waals surface area contributed by atoms with Gasteiger partial charge in [-0.3, -0.25) is 4.98 Å². The van der Waals surface area contributed by atoms with Crippen LogP contribution in [0.25, 0.3) is 0 Å². The molecule has 1 heterocycles. The summed E-state index contributed by atoms with van der Waals surface area (Å²) in [5.41, 5.74) is 1.59. The Morgan fingerprint density at radius 3 is 2.67 bits per heavy atom. The van der Waals surface area contributed by atoms with Gasteiger partial charge >= 0.3 is 6.03 Å². The summed E-state index contributed by atoms with van der Waals surface area (Å²) in [4.78, 5) is 15.9. The summed E-state index contributed by atoms with van der Waals surface area (Å²) in [5.74, 6) is 0.511. The van der Waals surface area contributed by atoms with Crippen molar-refractivity contribution < 1.29 is 9.53 Å². The number of halogens is 1. The van der Waals surface area contributed by atoms with Crippen molar-refractivity contribution in [1.29, 1.82) is 0 Å². The minimum atomic E-state index is -0.302. The maximum absolute atomic E-state index is 12.0. The summed E-state index contributed by atoms with van der Waals surface area (Å²) in [6.45, 7) is 1.90. The Labute approximate surface area is 128 Å². The number of pyridine rings is 1. The first-order chi connectivity index (χ1) is 10.1. The normalized spacial score (nSPS) is 11.6. The lowest BCUT2D eigenvalue weighted by Crippen LogP contribution is -2.31. The third-order valence-electron chi connectivity index (χ3n) is 2.96. The second kappa shape index (κ2) is 6.95.